The molecule has 1 atom stereocenters. The van der Waals surface area contributed by atoms with E-state index in [0.717, 1.165) is 28.9 Å². The van der Waals surface area contributed by atoms with Gasteiger partial charge >= 0.3 is 0 Å². The number of oxime groups is 1. The lowest BCUT2D eigenvalue weighted by Gasteiger charge is -2.31. The molecule has 2 aliphatic rings. The normalized spacial score (nSPS) is 18.2. The molecule has 2 aliphatic heterocycles. The van der Waals surface area contributed by atoms with Gasteiger partial charge in [0.05, 0.1) is 33.6 Å². The molecule has 2 aromatic carbocycles. The number of aromatic nitrogens is 3. The number of aryl methyl sites for hydroxylation is 2. The van der Waals surface area contributed by atoms with Crippen LogP contribution in [-0.2, 0) is 16.2 Å². The van der Waals surface area contributed by atoms with Crippen molar-refractivity contribution in [3.8, 4) is 0 Å². The van der Waals surface area contributed by atoms with Gasteiger partial charge in [-0.15, -0.1) is 11.3 Å². The van der Waals surface area contributed by atoms with Gasteiger partial charge in [-0.1, -0.05) is 11.2 Å². The van der Waals surface area contributed by atoms with Crippen molar-refractivity contribution in [3.05, 3.63) is 81.1 Å². The number of halogens is 2. The van der Waals surface area contributed by atoms with E-state index in [1.54, 1.807) is 17.7 Å². The third kappa shape index (κ3) is 4.57. The molecule has 1 unspecified atom stereocenters. The molecule has 1 fully saturated rings. The van der Waals surface area contributed by atoms with Crippen LogP contribution >= 0.6 is 11.3 Å². The molecule has 7 nitrogen and oxygen atoms in total. The lowest BCUT2D eigenvalue weighted by atomic mass is 9.97. The number of hydrogen-bond donors (Lipinski definition) is 0. The first-order valence-corrected chi connectivity index (χ1v) is 13.6. The highest BCUT2D eigenvalue weighted by atomic mass is 32.1. The van der Waals surface area contributed by atoms with Gasteiger partial charge in [-0.05, 0) is 62.1 Å². The van der Waals surface area contributed by atoms with Crippen molar-refractivity contribution in [1.29, 1.82) is 0 Å². The Morgan fingerprint density at radius 1 is 1.13 bits per heavy atom. The number of likely N-dealkylation sites (tertiary alicyclic amines) is 1. The Hall–Kier alpha value is -3.66. The first-order valence-electron chi connectivity index (χ1n) is 12.7. The SMILES string of the molecule is Cc1cc2ncn(CC(=O)N3CCC(c4nc(C5=NOC(c6c(F)cccc6F)C5)cs4)CC3)c2cc1C. The number of benzene rings is 2. The molecule has 1 amide bonds. The first kappa shape index (κ1) is 24.7. The smallest absolute Gasteiger partial charge is 0.242 e. The maximum absolute atomic E-state index is 14.2. The third-order valence-corrected chi connectivity index (χ3v) is 8.55. The van der Waals surface area contributed by atoms with Gasteiger partial charge in [-0.25, -0.2) is 18.7 Å². The number of amides is 1. The Morgan fingerprint density at radius 2 is 1.87 bits per heavy atom. The van der Waals surface area contributed by atoms with E-state index in [1.807, 2.05) is 14.8 Å². The van der Waals surface area contributed by atoms with E-state index in [2.05, 4.69) is 36.1 Å². The number of thiazole rings is 1. The maximum atomic E-state index is 14.2. The van der Waals surface area contributed by atoms with Gasteiger partial charge in [0.15, 0.2) is 6.10 Å². The van der Waals surface area contributed by atoms with Crippen LogP contribution in [0.15, 0.2) is 47.2 Å². The average Bonchev–Trinajstić information content (AvgIpc) is 3.66. The van der Waals surface area contributed by atoms with Gasteiger partial charge in [0, 0.05) is 30.8 Å². The van der Waals surface area contributed by atoms with Gasteiger partial charge in [0.1, 0.15) is 23.9 Å². The summed E-state index contributed by atoms with van der Waals surface area (Å²) in [6.07, 6.45) is 2.86. The molecule has 0 saturated carbocycles. The van der Waals surface area contributed by atoms with Gasteiger partial charge in [-0.2, -0.15) is 0 Å². The van der Waals surface area contributed by atoms with Crippen molar-refractivity contribution in [2.45, 2.75) is 51.7 Å². The van der Waals surface area contributed by atoms with Crippen LogP contribution in [0.1, 0.15) is 58.7 Å². The fraction of sp³-hybridized carbons (Fsp3) is 0.357. The average molecular weight is 536 g/mol. The summed E-state index contributed by atoms with van der Waals surface area (Å²) in [5, 5.41) is 6.98. The van der Waals surface area contributed by atoms with Gasteiger partial charge in [0.2, 0.25) is 5.91 Å². The third-order valence-electron chi connectivity index (χ3n) is 7.55. The lowest BCUT2D eigenvalue weighted by Crippen LogP contribution is -2.39. The van der Waals surface area contributed by atoms with Crippen LogP contribution in [0.2, 0.25) is 0 Å². The molecule has 4 aromatic rings. The van der Waals surface area contributed by atoms with Crippen LogP contribution in [-0.4, -0.2) is 44.1 Å². The molecule has 0 spiro atoms. The minimum Gasteiger partial charge on any atom is -0.387 e. The predicted molar refractivity (Wildman–Crippen MR) is 141 cm³/mol. The summed E-state index contributed by atoms with van der Waals surface area (Å²) in [6.45, 7) is 5.74. The molecule has 196 valence electrons. The first-order chi connectivity index (χ1) is 18.4. The zero-order valence-corrected chi connectivity index (χ0v) is 22.0. The number of piperidine rings is 1. The van der Waals surface area contributed by atoms with Crippen LogP contribution < -0.4 is 0 Å². The predicted octanol–water partition coefficient (Wildman–Crippen LogP) is 5.66. The molecule has 4 heterocycles. The summed E-state index contributed by atoms with van der Waals surface area (Å²) < 4.78 is 30.2. The van der Waals surface area contributed by atoms with Crippen molar-refractivity contribution >= 4 is 34.0 Å². The second-order valence-corrected chi connectivity index (χ2v) is 10.9. The van der Waals surface area contributed by atoms with E-state index in [-0.39, 0.29) is 30.4 Å². The highest BCUT2D eigenvalue weighted by Crippen LogP contribution is 2.35. The zero-order valence-electron chi connectivity index (χ0n) is 21.2. The highest BCUT2D eigenvalue weighted by molar-refractivity contribution is 7.10. The molecule has 1 saturated heterocycles. The van der Waals surface area contributed by atoms with Crippen molar-refractivity contribution in [1.82, 2.24) is 19.4 Å². The Balaban J connectivity index is 1.06. The number of imidazole rings is 1. The Bertz CT molecular complexity index is 1530. The molecule has 0 aliphatic carbocycles. The van der Waals surface area contributed by atoms with E-state index >= 15 is 0 Å². The highest BCUT2D eigenvalue weighted by Gasteiger charge is 2.31. The van der Waals surface area contributed by atoms with Gasteiger partial charge in [-0.3, -0.25) is 4.79 Å². The van der Waals surface area contributed by atoms with Crippen molar-refractivity contribution in [2.75, 3.05) is 13.1 Å². The second kappa shape index (κ2) is 9.90. The number of fused-ring (bicyclic) bond motifs is 1. The number of rotatable bonds is 5. The molecule has 0 bridgehead atoms. The molecule has 2 aromatic heterocycles. The minimum atomic E-state index is -0.800. The van der Waals surface area contributed by atoms with Crippen LogP contribution in [0.25, 0.3) is 11.0 Å². The second-order valence-electron chi connectivity index (χ2n) is 10.00. The fourth-order valence-corrected chi connectivity index (χ4v) is 6.17. The molecule has 0 N–H and O–H groups in total. The van der Waals surface area contributed by atoms with Gasteiger partial charge < -0.3 is 14.3 Å². The molecule has 38 heavy (non-hydrogen) atoms. The Morgan fingerprint density at radius 3 is 2.63 bits per heavy atom. The number of hydrogen-bond acceptors (Lipinski definition) is 6. The fourth-order valence-electron chi connectivity index (χ4n) is 5.17. The molecule has 6 rings (SSSR count). The van der Waals surface area contributed by atoms with E-state index in [1.165, 1.54) is 29.3 Å². The van der Waals surface area contributed by atoms with Gasteiger partial charge in [0.25, 0.3) is 0 Å². The van der Waals surface area contributed by atoms with E-state index < -0.39 is 17.7 Å². The topological polar surface area (TPSA) is 72.6 Å². The number of carbonyl (C=O) groups excluding carboxylic acids is 1. The van der Waals surface area contributed by atoms with E-state index in [0.29, 0.717) is 24.5 Å². The zero-order chi connectivity index (χ0) is 26.4. The van der Waals surface area contributed by atoms with Crippen LogP contribution in [0, 0.1) is 25.5 Å². The number of carbonyl (C=O) groups is 1. The molecular formula is C28H27F2N5O2S. The van der Waals surface area contributed by atoms with Crippen molar-refractivity contribution in [3.63, 3.8) is 0 Å². The minimum absolute atomic E-state index is 0.0877. The quantitative estimate of drug-likeness (QED) is 0.331. The summed E-state index contributed by atoms with van der Waals surface area (Å²) in [5.74, 6) is -0.943. The Labute approximate surface area is 222 Å². The van der Waals surface area contributed by atoms with Crippen LogP contribution in [0.3, 0.4) is 0 Å². The monoisotopic (exact) mass is 535 g/mol. The molecule has 10 heteroatoms. The van der Waals surface area contributed by atoms with Crippen molar-refractivity contribution in [2.24, 2.45) is 5.16 Å². The van der Waals surface area contributed by atoms with Crippen molar-refractivity contribution < 1.29 is 18.4 Å². The number of nitrogens with zero attached hydrogens (tertiary/aromatic N) is 5. The standard InChI is InChI=1S/C28H27F2N5O2S/c1-16-10-22-24(11-17(16)2)35(15-31-22)13-26(36)34-8-6-18(7-9-34)28-32-23(14-38-28)21-12-25(37-33-21)27-19(29)4-3-5-20(27)30/h3-5,10-11,14-15,18,25H,6-9,12-13H2,1-2H3. The summed E-state index contributed by atoms with van der Waals surface area (Å²) in [7, 11) is 0. The van der Waals surface area contributed by atoms with E-state index in [9.17, 15) is 13.6 Å². The van der Waals surface area contributed by atoms with Crippen LogP contribution in [0.5, 0.6) is 0 Å². The summed E-state index contributed by atoms with van der Waals surface area (Å²) in [4.78, 5) is 29.6. The van der Waals surface area contributed by atoms with E-state index in [4.69, 9.17) is 9.82 Å². The largest absolute Gasteiger partial charge is 0.387 e. The summed E-state index contributed by atoms with van der Waals surface area (Å²) in [5.41, 5.74) is 5.42. The maximum Gasteiger partial charge on any atom is 0.242 e. The molecular weight excluding hydrogens is 508 g/mol. The Kier molecular flexibility index (Phi) is 6.43. The summed E-state index contributed by atoms with van der Waals surface area (Å²) in [6, 6.07) is 7.92. The van der Waals surface area contributed by atoms with Crippen LogP contribution in [0.4, 0.5) is 8.78 Å². The molecule has 0 radical (unpaired) electrons. The summed E-state index contributed by atoms with van der Waals surface area (Å²) >= 11 is 1.55. The lowest BCUT2D eigenvalue weighted by molar-refractivity contribution is -0.132.